The van der Waals surface area contributed by atoms with Gasteiger partial charge in [-0.05, 0) is 51.3 Å². The molecule has 188 valence electrons. The van der Waals surface area contributed by atoms with Crippen LogP contribution in [0.2, 0.25) is 0 Å². The van der Waals surface area contributed by atoms with Crippen molar-refractivity contribution in [2.24, 2.45) is 0 Å². The van der Waals surface area contributed by atoms with Crippen LogP contribution in [0, 0.1) is 18.6 Å². The molecule has 10 heteroatoms. The number of rotatable bonds is 3. The molecule has 4 heterocycles. The van der Waals surface area contributed by atoms with Crippen molar-refractivity contribution >= 4 is 28.2 Å². The maximum absolute atomic E-state index is 15.4. The van der Waals surface area contributed by atoms with Gasteiger partial charge in [-0.15, -0.1) is 0 Å². The van der Waals surface area contributed by atoms with E-state index in [2.05, 4.69) is 9.97 Å². The van der Waals surface area contributed by atoms with Crippen LogP contribution in [0.25, 0.3) is 16.4 Å². The average molecular weight is 496 g/mol. The molecule has 8 nitrogen and oxygen atoms in total. The highest BCUT2D eigenvalue weighted by atomic mass is 19.1. The first-order valence-electron chi connectivity index (χ1n) is 11.7. The molecule has 1 aliphatic rings. The molecule has 0 spiro atoms. The second-order valence-electron chi connectivity index (χ2n) is 9.84. The Balaban J connectivity index is 1.37. The summed E-state index contributed by atoms with van der Waals surface area (Å²) in [5.41, 5.74) is 0.995. The number of aryl methyl sites for hydroxylation is 1. The summed E-state index contributed by atoms with van der Waals surface area (Å²) in [6, 6.07) is 6.20. The Kier molecular flexibility index (Phi) is 5.89. The number of carbonyl (C=O) groups is 1. The highest BCUT2D eigenvalue weighted by Crippen LogP contribution is 2.34. The Hall–Kier alpha value is -3.95. The molecule has 1 fully saturated rings. The Morgan fingerprint density at radius 1 is 1.03 bits per heavy atom. The molecular formula is C26H27F2N5O3. The Morgan fingerprint density at radius 2 is 1.78 bits per heavy atom. The van der Waals surface area contributed by atoms with Crippen molar-refractivity contribution in [1.82, 2.24) is 19.3 Å². The van der Waals surface area contributed by atoms with E-state index in [0.717, 1.165) is 0 Å². The van der Waals surface area contributed by atoms with Gasteiger partial charge in [-0.3, -0.25) is 0 Å². The summed E-state index contributed by atoms with van der Waals surface area (Å²) in [5.74, 6) is -0.824. The molecule has 3 aromatic heterocycles. The molecule has 1 aromatic carbocycles. The molecule has 0 radical (unpaired) electrons. The topological polar surface area (TPSA) is 72.2 Å². The summed E-state index contributed by atoms with van der Waals surface area (Å²) in [5, 5.41) is 0.806. The molecule has 1 saturated heterocycles. The fourth-order valence-corrected chi connectivity index (χ4v) is 4.28. The van der Waals surface area contributed by atoms with E-state index in [4.69, 9.17) is 9.47 Å². The number of ether oxygens (including phenoxy) is 2. The van der Waals surface area contributed by atoms with Crippen molar-refractivity contribution in [1.29, 1.82) is 0 Å². The van der Waals surface area contributed by atoms with Gasteiger partial charge < -0.3 is 23.7 Å². The molecule has 0 N–H and O–H groups in total. The maximum atomic E-state index is 15.4. The third-order valence-electron chi connectivity index (χ3n) is 5.88. The molecular weight excluding hydrogens is 468 g/mol. The molecule has 5 rings (SSSR count). The van der Waals surface area contributed by atoms with E-state index in [0.29, 0.717) is 42.9 Å². The second-order valence-corrected chi connectivity index (χ2v) is 9.84. The number of anilines is 1. The molecule has 0 bridgehead atoms. The quantitative estimate of drug-likeness (QED) is 0.383. The number of hydrogen-bond donors (Lipinski definition) is 0. The number of hydrogen-bond acceptors (Lipinski definition) is 6. The predicted octanol–water partition coefficient (Wildman–Crippen LogP) is 5.32. The van der Waals surface area contributed by atoms with Crippen LogP contribution in [0.3, 0.4) is 0 Å². The van der Waals surface area contributed by atoms with E-state index in [1.165, 1.54) is 22.7 Å². The summed E-state index contributed by atoms with van der Waals surface area (Å²) in [6.07, 6.45) is 4.43. The number of carbonyl (C=O) groups excluding carboxylic acids is 1. The number of aromatic nitrogens is 3. The molecule has 1 aliphatic heterocycles. The number of halogens is 2. The highest BCUT2D eigenvalue weighted by Gasteiger charge is 2.26. The monoisotopic (exact) mass is 495 g/mol. The van der Waals surface area contributed by atoms with Crippen LogP contribution in [0.1, 0.15) is 26.5 Å². The maximum Gasteiger partial charge on any atom is 0.410 e. The van der Waals surface area contributed by atoms with Crippen molar-refractivity contribution in [2.75, 3.05) is 31.1 Å². The van der Waals surface area contributed by atoms with Gasteiger partial charge in [-0.2, -0.15) is 0 Å². The minimum Gasteiger partial charge on any atom is -0.444 e. The van der Waals surface area contributed by atoms with E-state index in [-0.39, 0.29) is 28.8 Å². The normalized spacial score (nSPS) is 14.5. The van der Waals surface area contributed by atoms with Gasteiger partial charge in [0.05, 0.1) is 17.3 Å². The molecule has 0 atom stereocenters. The van der Waals surface area contributed by atoms with Crippen LogP contribution < -0.4 is 9.64 Å². The Labute approximate surface area is 207 Å². The van der Waals surface area contributed by atoms with Crippen LogP contribution in [0.5, 0.6) is 11.6 Å². The first-order chi connectivity index (χ1) is 17.1. The van der Waals surface area contributed by atoms with E-state index in [9.17, 15) is 9.18 Å². The lowest BCUT2D eigenvalue weighted by molar-refractivity contribution is 0.0240. The van der Waals surface area contributed by atoms with E-state index < -0.39 is 17.2 Å². The number of benzene rings is 1. The van der Waals surface area contributed by atoms with E-state index >= 15 is 4.39 Å². The Morgan fingerprint density at radius 3 is 2.50 bits per heavy atom. The molecule has 36 heavy (non-hydrogen) atoms. The van der Waals surface area contributed by atoms with Crippen LogP contribution in [-0.4, -0.2) is 57.1 Å². The first kappa shape index (κ1) is 23.8. The van der Waals surface area contributed by atoms with Gasteiger partial charge in [0.15, 0.2) is 11.5 Å². The summed E-state index contributed by atoms with van der Waals surface area (Å²) in [7, 11) is 0. The van der Waals surface area contributed by atoms with E-state index in [1.54, 1.807) is 30.3 Å². The third kappa shape index (κ3) is 4.75. The highest BCUT2D eigenvalue weighted by molar-refractivity contribution is 5.90. The zero-order valence-electron chi connectivity index (χ0n) is 20.6. The third-order valence-corrected chi connectivity index (χ3v) is 5.88. The van der Waals surface area contributed by atoms with Crippen LogP contribution in [0.4, 0.5) is 19.3 Å². The second kappa shape index (κ2) is 8.92. The SMILES string of the molecule is Cc1cn2cc(Oc3nccc4cc(N5CCN(C(=O)OC(C)(C)C)CC5)cc(F)c34)cc(F)c2n1. The van der Waals surface area contributed by atoms with Crippen molar-refractivity contribution < 1.29 is 23.0 Å². The molecule has 0 aliphatic carbocycles. The van der Waals surface area contributed by atoms with Crippen LogP contribution >= 0.6 is 0 Å². The van der Waals surface area contributed by atoms with E-state index in [1.807, 2.05) is 31.7 Å². The van der Waals surface area contributed by atoms with Crippen LogP contribution in [-0.2, 0) is 4.74 Å². The number of imidazole rings is 1. The van der Waals surface area contributed by atoms with Gasteiger partial charge >= 0.3 is 6.09 Å². The van der Waals surface area contributed by atoms with Crippen molar-refractivity contribution in [2.45, 2.75) is 33.3 Å². The number of amides is 1. The average Bonchev–Trinajstić information content (AvgIpc) is 3.19. The number of pyridine rings is 2. The minimum atomic E-state index is -0.557. The molecule has 0 saturated carbocycles. The summed E-state index contributed by atoms with van der Waals surface area (Å²) in [6.45, 7) is 9.30. The lowest BCUT2D eigenvalue weighted by Crippen LogP contribution is -2.50. The lowest BCUT2D eigenvalue weighted by atomic mass is 10.1. The number of fused-ring (bicyclic) bond motifs is 2. The zero-order chi connectivity index (χ0) is 25.6. The summed E-state index contributed by atoms with van der Waals surface area (Å²) < 4.78 is 42.6. The van der Waals surface area contributed by atoms with Gasteiger partial charge in [0.2, 0.25) is 5.88 Å². The lowest BCUT2D eigenvalue weighted by Gasteiger charge is -2.36. The van der Waals surface area contributed by atoms with Gasteiger partial charge in [-0.25, -0.2) is 23.5 Å². The van der Waals surface area contributed by atoms with Crippen LogP contribution in [0.15, 0.2) is 42.9 Å². The first-order valence-corrected chi connectivity index (χ1v) is 11.7. The molecule has 1 amide bonds. The van der Waals surface area contributed by atoms with Gasteiger partial charge in [0.25, 0.3) is 0 Å². The number of nitrogens with zero attached hydrogens (tertiary/aromatic N) is 5. The Bertz CT molecular complexity index is 1460. The van der Waals surface area contributed by atoms with Gasteiger partial charge in [-0.1, -0.05) is 0 Å². The summed E-state index contributed by atoms with van der Waals surface area (Å²) in [4.78, 5) is 24.4. The standard InChI is InChI=1S/C26H27F2N5O3/c1-16-14-33-15-19(13-21(28)23(33)30-16)35-24-22-17(5-6-29-24)11-18(12-20(22)27)31-7-9-32(10-8-31)25(34)36-26(2,3)4/h5-6,11-15H,7-10H2,1-4H3. The van der Waals surface area contributed by atoms with Gasteiger partial charge in [0.1, 0.15) is 17.2 Å². The minimum absolute atomic E-state index is 0.0434. The largest absolute Gasteiger partial charge is 0.444 e. The fraction of sp³-hybridized carbons (Fsp3) is 0.346. The van der Waals surface area contributed by atoms with Gasteiger partial charge in [0, 0.05) is 50.3 Å². The zero-order valence-corrected chi connectivity index (χ0v) is 20.6. The molecule has 0 unspecified atom stereocenters. The van der Waals surface area contributed by atoms with Crippen molar-refractivity contribution in [3.05, 3.63) is 60.2 Å². The molecule has 4 aromatic rings. The van der Waals surface area contributed by atoms with Crippen molar-refractivity contribution in [3.63, 3.8) is 0 Å². The van der Waals surface area contributed by atoms with Crippen molar-refractivity contribution in [3.8, 4) is 11.6 Å². The smallest absolute Gasteiger partial charge is 0.410 e. The predicted molar refractivity (Wildman–Crippen MR) is 132 cm³/mol. The number of piperazine rings is 1. The summed E-state index contributed by atoms with van der Waals surface area (Å²) >= 11 is 0. The fourth-order valence-electron chi connectivity index (χ4n) is 4.28.